The third-order valence-electron chi connectivity index (χ3n) is 5.75. The Morgan fingerprint density at radius 2 is 1.78 bits per heavy atom. The molecule has 2 aromatic carbocycles. The number of anilines is 1. The van der Waals surface area contributed by atoms with Crippen LogP contribution in [0.15, 0.2) is 42.9 Å². The van der Waals surface area contributed by atoms with Crippen molar-refractivity contribution in [2.24, 2.45) is 0 Å². The fourth-order valence-corrected chi connectivity index (χ4v) is 4.91. The summed E-state index contributed by atoms with van der Waals surface area (Å²) in [6.07, 6.45) is 2.95. The largest absolute Gasteiger partial charge is 0.484 e. The highest BCUT2D eigenvalue weighted by atomic mass is 32.1. The predicted octanol–water partition coefficient (Wildman–Crippen LogP) is 5.65. The van der Waals surface area contributed by atoms with Crippen LogP contribution < -0.4 is 10.1 Å². The highest BCUT2D eigenvalue weighted by Gasteiger charge is 2.18. The summed E-state index contributed by atoms with van der Waals surface area (Å²) in [4.78, 5) is 45.7. The Balaban J connectivity index is 1.33. The van der Waals surface area contributed by atoms with Crippen LogP contribution in [0.1, 0.15) is 35.7 Å². The number of hydrogen-bond acceptors (Lipinski definition) is 11. The van der Waals surface area contributed by atoms with E-state index in [9.17, 15) is 14.0 Å². The number of thiazole rings is 1. The third kappa shape index (κ3) is 6.35. The molecule has 11 nitrogen and oxygen atoms in total. The van der Waals surface area contributed by atoms with Gasteiger partial charge in [-0.2, -0.15) is 0 Å². The van der Waals surface area contributed by atoms with E-state index in [0.717, 1.165) is 5.56 Å². The Morgan fingerprint density at radius 3 is 2.54 bits per heavy atom. The Hall–Kier alpha value is -4.78. The lowest BCUT2D eigenvalue weighted by molar-refractivity contribution is 0.0519. The topological polar surface area (TPSA) is 138 Å². The third-order valence-corrected chi connectivity index (χ3v) is 6.80. The molecule has 13 heteroatoms. The van der Waals surface area contributed by atoms with Gasteiger partial charge in [-0.25, -0.2) is 33.9 Å². The Kier molecular flexibility index (Phi) is 7.97. The number of nitrogens with one attached hydrogen (secondary N) is 1. The van der Waals surface area contributed by atoms with E-state index < -0.39 is 24.0 Å². The number of amides is 1. The number of ether oxygens (including phenoxy) is 3. The maximum absolute atomic E-state index is 15.0. The number of halogens is 1. The van der Waals surface area contributed by atoms with E-state index in [1.165, 1.54) is 36.0 Å². The summed E-state index contributed by atoms with van der Waals surface area (Å²) < 4.78 is 31.6. The minimum atomic E-state index is -0.709. The number of aryl methyl sites for hydroxylation is 2. The molecule has 5 rings (SSSR count). The van der Waals surface area contributed by atoms with Crippen molar-refractivity contribution in [2.45, 2.75) is 33.8 Å². The molecule has 3 aromatic heterocycles. The van der Waals surface area contributed by atoms with Crippen LogP contribution in [-0.4, -0.2) is 56.3 Å². The average Bonchev–Trinajstić information content (AvgIpc) is 3.35. The standard InChI is InChI=1S/C28H25FN6O5S/c1-5-38-27(36)22-12-32-25-18(6-14(2)7-21(25)34-22)26-35-20-8-19(29)23(9-24(20)41-26)40-15(3)13-39-28(37)33-17-10-30-16(4)31-11-17/h6-12,15H,5,13H2,1-4H3,(H,33,37)/t15-/m0/s1. The number of benzene rings is 2. The van der Waals surface area contributed by atoms with Gasteiger partial charge in [0.05, 0.1) is 52.1 Å². The van der Waals surface area contributed by atoms with E-state index in [0.29, 0.717) is 43.3 Å². The van der Waals surface area contributed by atoms with Gasteiger partial charge in [0.2, 0.25) is 0 Å². The molecule has 0 bridgehead atoms. The molecule has 0 saturated heterocycles. The van der Waals surface area contributed by atoms with Gasteiger partial charge in [0.25, 0.3) is 0 Å². The number of hydrogen-bond donors (Lipinski definition) is 1. The summed E-state index contributed by atoms with van der Waals surface area (Å²) >= 11 is 1.34. The first kappa shape index (κ1) is 27.8. The molecule has 0 aliphatic carbocycles. The zero-order valence-corrected chi connectivity index (χ0v) is 23.4. The van der Waals surface area contributed by atoms with Crippen molar-refractivity contribution in [2.75, 3.05) is 18.5 Å². The smallest absolute Gasteiger partial charge is 0.411 e. The molecule has 0 aliphatic rings. The highest BCUT2D eigenvalue weighted by molar-refractivity contribution is 7.21. The number of carbonyl (C=O) groups is 2. The molecular weight excluding hydrogens is 551 g/mol. The highest BCUT2D eigenvalue weighted by Crippen LogP contribution is 2.37. The lowest BCUT2D eigenvalue weighted by Crippen LogP contribution is -2.24. The summed E-state index contributed by atoms with van der Waals surface area (Å²) in [6.45, 7) is 7.12. The number of aromatic nitrogens is 5. The van der Waals surface area contributed by atoms with Crippen molar-refractivity contribution >= 4 is 50.3 Å². The molecule has 1 amide bonds. The minimum Gasteiger partial charge on any atom is -0.484 e. The summed E-state index contributed by atoms with van der Waals surface area (Å²) in [5.74, 6) is -0.572. The maximum Gasteiger partial charge on any atom is 0.411 e. The van der Waals surface area contributed by atoms with Gasteiger partial charge >= 0.3 is 12.1 Å². The monoisotopic (exact) mass is 576 g/mol. The first-order chi connectivity index (χ1) is 19.7. The molecule has 0 spiro atoms. The molecule has 3 heterocycles. The average molecular weight is 577 g/mol. The van der Waals surface area contributed by atoms with Gasteiger partial charge < -0.3 is 14.2 Å². The molecule has 1 atom stereocenters. The zero-order chi connectivity index (χ0) is 29.1. The molecule has 0 saturated carbocycles. The molecule has 41 heavy (non-hydrogen) atoms. The van der Waals surface area contributed by atoms with Crippen LogP contribution in [0.2, 0.25) is 0 Å². The van der Waals surface area contributed by atoms with Crippen molar-refractivity contribution in [1.82, 2.24) is 24.9 Å². The lowest BCUT2D eigenvalue weighted by Gasteiger charge is -2.15. The summed E-state index contributed by atoms with van der Waals surface area (Å²) in [7, 11) is 0. The number of fused-ring (bicyclic) bond motifs is 2. The Morgan fingerprint density at radius 1 is 1.00 bits per heavy atom. The van der Waals surface area contributed by atoms with E-state index in [2.05, 4.69) is 30.2 Å². The molecular formula is C28H25FN6O5S. The second kappa shape index (κ2) is 11.8. The first-order valence-corrected chi connectivity index (χ1v) is 13.5. The van der Waals surface area contributed by atoms with Crippen molar-refractivity contribution in [3.63, 3.8) is 0 Å². The summed E-state index contributed by atoms with van der Waals surface area (Å²) in [5.41, 5.74) is 3.63. The van der Waals surface area contributed by atoms with E-state index in [1.54, 1.807) is 26.8 Å². The summed E-state index contributed by atoms with van der Waals surface area (Å²) in [5, 5.41) is 3.13. The predicted molar refractivity (Wildman–Crippen MR) is 151 cm³/mol. The number of nitrogens with zero attached hydrogens (tertiary/aromatic N) is 5. The normalized spacial score (nSPS) is 11.8. The van der Waals surface area contributed by atoms with E-state index in [1.807, 2.05) is 19.1 Å². The van der Waals surface area contributed by atoms with Crippen molar-refractivity contribution in [3.05, 3.63) is 65.8 Å². The van der Waals surface area contributed by atoms with Crippen LogP contribution in [0.5, 0.6) is 5.75 Å². The Bertz CT molecular complexity index is 1760. The van der Waals surface area contributed by atoms with Crippen molar-refractivity contribution < 1.29 is 28.2 Å². The van der Waals surface area contributed by atoms with Gasteiger partial charge in [0.15, 0.2) is 17.3 Å². The van der Waals surface area contributed by atoms with Crippen molar-refractivity contribution in [1.29, 1.82) is 0 Å². The number of rotatable bonds is 8. The van der Waals surface area contributed by atoms with Gasteiger partial charge in [-0.3, -0.25) is 10.3 Å². The van der Waals surface area contributed by atoms with Crippen LogP contribution in [0, 0.1) is 19.7 Å². The van der Waals surface area contributed by atoms with Crippen molar-refractivity contribution in [3.8, 4) is 16.3 Å². The molecule has 0 aliphatic heterocycles. The van der Waals surface area contributed by atoms with E-state index >= 15 is 0 Å². The molecule has 1 N–H and O–H groups in total. The van der Waals surface area contributed by atoms with Crippen LogP contribution >= 0.6 is 11.3 Å². The van der Waals surface area contributed by atoms with Gasteiger partial charge in [-0.15, -0.1) is 11.3 Å². The SMILES string of the molecule is CCOC(=O)c1cnc2c(-c3nc4cc(F)c(O[C@@H](C)COC(=O)Nc5cnc(C)nc5)cc4s3)cc(C)cc2n1. The van der Waals surface area contributed by atoms with Gasteiger partial charge in [-0.1, -0.05) is 0 Å². The van der Waals surface area contributed by atoms with Crippen LogP contribution in [0.4, 0.5) is 14.9 Å². The van der Waals surface area contributed by atoms with Crippen LogP contribution in [-0.2, 0) is 9.47 Å². The Labute approximate surface area is 237 Å². The lowest BCUT2D eigenvalue weighted by atomic mass is 10.1. The van der Waals surface area contributed by atoms with E-state index in [4.69, 9.17) is 14.2 Å². The second-order valence-corrected chi connectivity index (χ2v) is 10.1. The zero-order valence-electron chi connectivity index (χ0n) is 22.6. The molecule has 210 valence electrons. The fraction of sp³-hybridized carbons (Fsp3) is 0.250. The quantitative estimate of drug-likeness (QED) is 0.231. The maximum atomic E-state index is 15.0. The summed E-state index contributed by atoms with van der Waals surface area (Å²) in [6, 6.07) is 6.60. The van der Waals surface area contributed by atoms with Crippen LogP contribution in [0.3, 0.4) is 0 Å². The van der Waals surface area contributed by atoms with Gasteiger partial charge in [-0.05, 0) is 45.4 Å². The molecule has 0 radical (unpaired) electrons. The molecule has 0 unspecified atom stereocenters. The molecule has 5 aromatic rings. The second-order valence-electron chi connectivity index (χ2n) is 9.10. The number of carbonyl (C=O) groups excluding carboxylic acids is 2. The van der Waals surface area contributed by atoms with Gasteiger partial charge in [0, 0.05) is 17.7 Å². The minimum absolute atomic E-state index is 0.00381. The van der Waals surface area contributed by atoms with Crippen LogP contribution in [0.25, 0.3) is 31.8 Å². The van der Waals surface area contributed by atoms with Gasteiger partial charge in [0.1, 0.15) is 23.5 Å². The molecule has 0 fully saturated rings. The van der Waals surface area contributed by atoms with E-state index in [-0.39, 0.29) is 24.7 Å². The fourth-order valence-electron chi connectivity index (χ4n) is 3.92. The number of esters is 1. The first-order valence-electron chi connectivity index (χ1n) is 12.6.